The minimum atomic E-state index is -0.204. The zero-order valence-electron chi connectivity index (χ0n) is 5.36. The summed E-state index contributed by atoms with van der Waals surface area (Å²) in [5, 5.41) is 0. The molecular formula is C7H6BrFS. The maximum Gasteiger partial charge on any atom is 0.127 e. The number of hydrogen-bond acceptors (Lipinski definition) is 1. The molecule has 0 radical (unpaired) electrons. The van der Waals surface area contributed by atoms with Crippen molar-refractivity contribution in [2.75, 3.05) is 0 Å². The van der Waals surface area contributed by atoms with Crippen LogP contribution in [-0.4, -0.2) is 0 Å². The van der Waals surface area contributed by atoms with Crippen LogP contribution in [-0.2, 0) is 0 Å². The second-order valence-corrected chi connectivity index (χ2v) is 3.28. The van der Waals surface area contributed by atoms with Crippen LogP contribution in [0.5, 0.6) is 0 Å². The molecule has 3 heteroatoms. The molecule has 0 aliphatic rings. The van der Waals surface area contributed by atoms with Crippen LogP contribution >= 0.6 is 28.6 Å². The SMILES string of the molecule is Cc1c(F)ccc(S)c1Br. The lowest BCUT2D eigenvalue weighted by Gasteiger charge is -2.00. The quantitative estimate of drug-likeness (QED) is 0.639. The first-order valence-corrected chi connectivity index (χ1v) is 4.00. The third-order valence-electron chi connectivity index (χ3n) is 1.30. The van der Waals surface area contributed by atoms with Gasteiger partial charge in [-0.05, 0) is 35.0 Å². The minimum absolute atomic E-state index is 0.204. The van der Waals surface area contributed by atoms with E-state index < -0.39 is 0 Å². The summed E-state index contributed by atoms with van der Waals surface area (Å²) in [4.78, 5) is 0.763. The van der Waals surface area contributed by atoms with Crippen LogP contribution in [0.25, 0.3) is 0 Å². The van der Waals surface area contributed by atoms with Crippen LogP contribution in [0.2, 0.25) is 0 Å². The van der Waals surface area contributed by atoms with Gasteiger partial charge in [0.05, 0.1) is 0 Å². The minimum Gasteiger partial charge on any atom is -0.207 e. The zero-order chi connectivity index (χ0) is 7.72. The lowest BCUT2D eigenvalue weighted by molar-refractivity contribution is 0.615. The molecule has 0 aliphatic heterocycles. The van der Waals surface area contributed by atoms with Crippen molar-refractivity contribution in [3.05, 3.63) is 28.0 Å². The molecule has 0 aliphatic carbocycles. The molecular weight excluding hydrogens is 215 g/mol. The van der Waals surface area contributed by atoms with Gasteiger partial charge in [-0.25, -0.2) is 4.39 Å². The monoisotopic (exact) mass is 220 g/mol. The first kappa shape index (κ1) is 8.08. The Morgan fingerprint density at radius 3 is 2.60 bits per heavy atom. The standard InChI is InChI=1S/C7H6BrFS/c1-4-5(9)2-3-6(10)7(4)8/h2-3,10H,1H3. The topological polar surface area (TPSA) is 0 Å². The fraction of sp³-hybridized carbons (Fsp3) is 0.143. The average Bonchev–Trinajstić information content (AvgIpc) is 1.93. The molecule has 1 aromatic rings. The second kappa shape index (κ2) is 2.93. The highest BCUT2D eigenvalue weighted by atomic mass is 79.9. The van der Waals surface area contributed by atoms with Gasteiger partial charge in [-0.2, -0.15) is 0 Å². The zero-order valence-corrected chi connectivity index (χ0v) is 7.84. The molecule has 0 unspecified atom stereocenters. The molecule has 0 spiro atoms. The van der Waals surface area contributed by atoms with Crippen LogP contribution in [0.4, 0.5) is 4.39 Å². The Bertz CT molecular complexity index is 233. The van der Waals surface area contributed by atoms with Gasteiger partial charge in [-0.15, -0.1) is 12.6 Å². The molecule has 0 nitrogen and oxygen atoms in total. The van der Waals surface area contributed by atoms with E-state index in [1.807, 2.05) is 0 Å². The fourth-order valence-corrected chi connectivity index (χ4v) is 1.21. The second-order valence-electron chi connectivity index (χ2n) is 2.01. The summed E-state index contributed by atoms with van der Waals surface area (Å²) in [5.74, 6) is -0.204. The third kappa shape index (κ3) is 1.35. The van der Waals surface area contributed by atoms with E-state index in [4.69, 9.17) is 0 Å². The van der Waals surface area contributed by atoms with Gasteiger partial charge in [-0.1, -0.05) is 0 Å². The molecule has 0 aromatic heterocycles. The molecule has 0 N–H and O–H groups in total. The Balaban J connectivity index is 3.34. The van der Waals surface area contributed by atoms with Crippen molar-refractivity contribution in [3.63, 3.8) is 0 Å². The molecule has 0 bridgehead atoms. The average molecular weight is 221 g/mol. The van der Waals surface area contributed by atoms with E-state index in [2.05, 4.69) is 28.6 Å². The Kier molecular flexibility index (Phi) is 2.36. The van der Waals surface area contributed by atoms with Gasteiger partial charge in [0.25, 0.3) is 0 Å². The van der Waals surface area contributed by atoms with Gasteiger partial charge < -0.3 is 0 Å². The maximum absolute atomic E-state index is 12.7. The van der Waals surface area contributed by atoms with Gasteiger partial charge in [0.1, 0.15) is 5.82 Å². The Morgan fingerprint density at radius 1 is 1.50 bits per heavy atom. The van der Waals surface area contributed by atoms with E-state index >= 15 is 0 Å². The molecule has 1 rings (SSSR count). The van der Waals surface area contributed by atoms with Crippen molar-refractivity contribution in [1.29, 1.82) is 0 Å². The molecule has 0 fully saturated rings. The lowest BCUT2D eigenvalue weighted by Crippen LogP contribution is -1.83. The highest BCUT2D eigenvalue weighted by Crippen LogP contribution is 2.25. The van der Waals surface area contributed by atoms with Crippen molar-refractivity contribution in [2.45, 2.75) is 11.8 Å². The van der Waals surface area contributed by atoms with Crippen molar-refractivity contribution in [1.82, 2.24) is 0 Å². The molecule has 0 atom stereocenters. The number of thiol groups is 1. The highest BCUT2D eigenvalue weighted by Gasteiger charge is 2.03. The van der Waals surface area contributed by atoms with E-state index in [0.717, 1.165) is 9.37 Å². The molecule has 0 heterocycles. The smallest absolute Gasteiger partial charge is 0.127 e. The van der Waals surface area contributed by atoms with Gasteiger partial charge >= 0.3 is 0 Å². The van der Waals surface area contributed by atoms with Crippen molar-refractivity contribution >= 4 is 28.6 Å². The third-order valence-corrected chi connectivity index (χ3v) is 3.00. The fourth-order valence-electron chi connectivity index (χ4n) is 0.647. The van der Waals surface area contributed by atoms with Crippen molar-refractivity contribution in [3.8, 4) is 0 Å². The van der Waals surface area contributed by atoms with Gasteiger partial charge in [0.15, 0.2) is 0 Å². The van der Waals surface area contributed by atoms with Gasteiger partial charge in [0.2, 0.25) is 0 Å². The molecule has 0 saturated carbocycles. The normalized spacial score (nSPS) is 10.0. The van der Waals surface area contributed by atoms with Crippen molar-refractivity contribution in [2.24, 2.45) is 0 Å². The summed E-state index contributed by atoms with van der Waals surface area (Å²) in [5.41, 5.74) is 0.604. The first-order valence-electron chi connectivity index (χ1n) is 2.76. The lowest BCUT2D eigenvalue weighted by atomic mass is 10.2. The Labute approximate surface area is 73.0 Å². The highest BCUT2D eigenvalue weighted by molar-refractivity contribution is 9.10. The van der Waals surface area contributed by atoms with E-state index in [-0.39, 0.29) is 5.82 Å². The summed E-state index contributed by atoms with van der Waals surface area (Å²) >= 11 is 7.31. The molecule has 0 amide bonds. The van der Waals surface area contributed by atoms with Crippen molar-refractivity contribution < 1.29 is 4.39 Å². The Morgan fingerprint density at radius 2 is 2.10 bits per heavy atom. The predicted molar refractivity (Wildman–Crippen MR) is 46.1 cm³/mol. The van der Waals surface area contributed by atoms with E-state index in [9.17, 15) is 4.39 Å². The molecule has 10 heavy (non-hydrogen) atoms. The molecule has 0 saturated heterocycles. The summed E-state index contributed by atoms with van der Waals surface area (Å²) < 4.78 is 13.4. The molecule has 54 valence electrons. The number of halogens is 2. The van der Waals surface area contributed by atoms with Crippen LogP contribution in [0.15, 0.2) is 21.5 Å². The number of rotatable bonds is 0. The largest absolute Gasteiger partial charge is 0.207 e. The number of hydrogen-bond donors (Lipinski definition) is 1. The molecule has 1 aromatic carbocycles. The van der Waals surface area contributed by atoms with E-state index in [1.54, 1.807) is 13.0 Å². The van der Waals surface area contributed by atoms with Crippen LogP contribution in [0.3, 0.4) is 0 Å². The van der Waals surface area contributed by atoms with Gasteiger partial charge in [-0.3, -0.25) is 0 Å². The summed E-state index contributed by atoms with van der Waals surface area (Å²) in [6.07, 6.45) is 0. The van der Waals surface area contributed by atoms with Crippen LogP contribution in [0, 0.1) is 12.7 Å². The first-order chi connectivity index (χ1) is 4.63. The van der Waals surface area contributed by atoms with Crippen LogP contribution < -0.4 is 0 Å². The Hall–Kier alpha value is -0.0200. The van der Waals surface area contributed by atoms with Crippen LogP contribution in [0.1, 0.15) is 5.56 Å². The van der Waals surface area contributed by atoms with Gasteiger partial charge in [0, 0.05) is 14.9 Å². The van der Waals surface area contributed by atoms with E-state index in [0.29, 0.717) is 5.56 Å². The summed E-state index contributed by atoms with van der Waals surface area (Å²) in [6, 6.07) is 3.03. The maximum atomic E-state index is 12.7. The number of benzene rings is 1. The van der Waals surface area contributed by atoms with E-state index in [1.165, 1.54) is 6.07 Å². The summed E-state index contributed by atoms with van der Waals surface area (Å²) in [6.45, 7) is 1.71. The summed E-state index contributed by atoms with van der Waals surface area (Å²) in [7, 11) is 0. The predicted octanol–water partition coefficient (Wildman–Crippen LogP) is 3.19.